The lowest BCUT2D eigenvalue weighted by Gasteiger charge is -2.10. The minimum absolute atomic E-state index is 0.256. The number of nitrogens with one attached hydrogen (secondary N) is 1. The van der Waals surface area contributed by atoms with Crippen LogP contribution in [0.1, 0.15) is 21.6 Å². The lowest BCUT2D eigenvalue weighted by molar-refractivity contribution is 0.0946. The minimum Gasteiger partial charge on any atom is -0.493 e. The summed E-state index contributed by atoms with van der Waals surface area (Å²) in [5.41, 5.74) is 8.00. The quantitative estimate of drug-likeness (QED) is 0.892. The first-order valence-corrected chi connectivity index (χ1v) is 7.37. The number of fused-ring (bicyclic) bond motifs is 1. The fraction of sp³-hybridized carbons (Fsp3) is 0.200. The van der Waals surface area contributed by atoms with Crippen molar-refractivity contribution in [3.05, 3.63) is 51.6 Å². The number of ether oxygens (including phenoxy) is 1. The maximum Gasteiger partial charge on any atom is 0.270 e. The summed E-state index contributed by atoms with van der Waals surface area (Å²) in [6.45, 7) is 1.07. The Balaban J connectivity index is 1.75. The highest BCUT2D eigenvalue weighted by Gasteiger charge is 2.18. The average molecular weight is 348 g/mol. The number of benzene rings is 1. The van der Waals surface area contributed by atoms with Gasteiger partial charge in [-0.1, -0.05) is 22.0 Å². The van der Waals surface area contributed by atoms with Crippen LogP contribution in [0.4, 0.5) is 5.82 Å². The lowest BCUT2D eigenvalue weighted by atomic mass is 10.1. The molecule has 1 aliphatic heterocycles. The van der Waals surface area contributed by atoms with Crippen LogP contribution in [0.2, 0.25) is 0 Å². The van der Waals surface area contributed by atoms with Gasteiger partial charge >= 0.3 is 0 Å². The zero-order valence-corrected chi connectivity index (χ0v) is 12.8. The first-order valence-electron chi connectivity index (χ1n) is 6.58. The van der Waals surface area contributed by atoms with Gasteiger partial charge in [-0.25, -0.2) is 4.98 Å². The van der Waals surface area contributed by atoms with E-state index in [-0.39, 0.29) is 5.91 Å². The van der Waals surface area contributed by atoms with Crippen LogP contribution < -0.4 is 15.8 Å². The first-order chi connectivity index (χ1) is 10.1. The van der Waals surface area contributed by atoms with E-state index in [1.807, 2.05) is 12.1 Å². The molecule has 0 bridgehead atoms. The van der Waals surface area contributed by atoms with Crippen LogP contribution in [0.3, 0.4) is 0 Å². The summed E-state index contributed by atoms with van der Waals surface area (Å²) < 4.78 is 6.62. The number of aromatic nitrogens is 1. The van der Waals surface area contributed by atoms with Crippen LogP contribution in [0.5, 0.6) is 5.75 Å². The number of nitrogens with zero attached hydrogens (tertiary/aromatic N) is 1. The minimum atomic E-state index is -0.256. The van der Waals surface area contributed by atoms with Crippen LogP contribution in [-0.2, 0) is 13.0 Å². The van der Waals surface area contributed by atoms with Crippen molar-refractivity contribution in [2.24, 2.45) is 0 Å². The fourth-order valence-electron chi connectivity index (χ4n) is 2.32. The van der Waals surface area contributed by atoms with Crippen LogP contribution in [-0.4, -0.2) is 17.5 Å². The molecule has 6 heteroatoms. The highest BCUT2D eigenvalue weighted by atomic mass is 79.9. The van der Waals surface area contributed by atoms with E-state index < -0.39 is 0 Å². The van der Waals surface area contributed by atoms with Crippen molar-refractivity contribution >= 4 is 27.7 Å². The molecule has 0 saturated carbocycles. The number of anilines is 1. The Hall–Kier alpha value is -2.08. The number of carbonyl (C=O) groups excluding carboxylic acids is 1. The smallest absolute Gasteiger partial charge is 0.270 e. The van der Waals surface area contributed by atoms with Gasteiger partial charge in [0.2, 0.25) is 0 Å². The molecule has 108 valence electrons. The van der Waals surface area contributed by atoms with E-state index in [0.717, 1.165) is 27.8 Å². The number of rotatable bonds is 3. The number of hydrogen-bond donors (Lipinski definition) is 2. The Bertz CT molecular complexity index is 703. The molecule has 3 rings (SSSR count). The average Bonchev–Trinajstić information content (AvgIpc) is 2.92. The molecule has 1 amide bonds. The largest absolute Gasteiger partial charge is 0.493 e. The van der Waals surface area contributed by atoms with Crippen molar-refractivity contribution in [1.82, 2.24) is 10.3 Å². The SMILES string of the molecule is Nc1cccc(C(=O)NCc2cc(Br)cc3c2OCC3)n1. The van der Waals surface area contributed by atoms with Crippen molar-refractivity contribution in [3.63, 3.8) is 0 Å². The maximum absolute atomic E-state index is 12.1. The second-order valence-corrected chi connectivity index (χ2v) is 5.70. The van der Waals surface area contributed by atoms with E-state index in [1.54, 1.807) is 18.2 Å². The van der Waals surface area contributed by atoms with E-state index in [0.29, 0.717) is 24.7 Å². The summed E-state index contributed by atoms with van der Waals surface area (Å²) in [6, 6.07) is 8.99. The fourth-order valence-corrected chi connectivity index (χ4v) is 2.87. The lowest BCUT2D eigenvalue weighted by Crippen LogP contribution is -2.24. The van der Waals surface area contributed by atoms with Gasteiger partial charge in [0, 0.05) is 23.0 Å². The van der Waals surface area contributed by atoms with Gasteiger partial charge in [-0.2, -0.15) is 0 Å². The first kappa shape index (κ1) is 13.9. The number of nitrogen functional groups attached to an aromatic ring is 1. The molecule has 0 fully saturated rings. The zero-order chi connectivity index (χ0) is 14.8. The summed E-state index contributed by atoms with van der Waals surface area (Å²) in [6.07, 6.45) is 0.895. The number of pyridine rings is 1. The van der Waals surface area contributed by atoms with Crippen LogP contribution in [0.15, 0.2) is 34.8 Å². The topological polar surface area (TPSA) is 77.2 Å². The normalized spacial score (nSPS) is 12.6. The summed E-state index contributed by atoms with van der Waals surface area (Å²) in [5.74, 6) is 0.947. The Labute approximate surface area is 130 Å². The van der Waals surface area contributed by atoms with E-state index in [2.05, 4.69) is 26.2 Å². The summed E-state index contributed by atoms with van der Waals surface area (Å²) >= 11 is 3.48. The third kappa shape index (κ3) is 3.00. The van der Waals surface area contributed by atoms with Crippen LogP contribution >= 0.6 is 15.9 Å². The van der Waals surface area contributed by atoms with Gasteiger partial charge in [-0.05, 0) is 29.8 Å². The van der Waals surface area contributed by atoms with Crippen molar-refractivity contribution in [1.29, 1.82) is 0 Å². The number of halogens is 1. The highest BCUT2D eigenvalue weighted by molar-refractivity contribution is 9.10. The third-order valence-corrected chi connectivity index (χ3v) is 3.73. The summed E-state index contributed by atoms with van der Waals surface area (Å²) in [4.78, 5) is 16.1. The molecule has 0 spiro atoms. The highest BCUT2D eigenvalue weighted by Crippen LogP contribution is 2.32. The standard InChI is InChI=1S/C15H14BrN3O2/c16-11-6-9-4-5-21-14(9)10(7-11)8-18-15(20)12-2-1-3-13(17)19-12/h1-3,6-7H,4-5,8H2,(H2,17,19)(H,18,20). The zero-order valence-electron chi connectivity index (χ0n) is 11.2. The van der Waals surface area contributed by atoms with Gasteiger partial charge in [-0.3, -0.25) is 4.79 Å². The van der Waals surface area contributed by atoms with E-state index >= 15 is 0 Å². The van der Waals surface area contributed by atoms with E-state index in [4.69, 9.17) is 10.5 Å². The second kappa shape index (κ2) is 5.73. The number of hydrogen-bond acceptors (Lipinski definition) is 4. The molecule has 1 aromatic heterocycles. The molecule has 2 aromatic rings. The molecule has 21 heavy (non-hydrogen) atoms. The van der Waals surface area contributed by atoms with Gasteiger partial charge in [0.25, 0.3) is 5.91 Å². The van der Waals surface area contributed by atoms with Gasteiger partial charge in [0.05, 0.1) is 6.61 Å². The van der Waals surface area contributed by atoms with Crippen molar-refractivity contribution in [2.45, 2.75) is 13.0 Å². The number of carbonyl (C=O) groups is 1. The Morgan fingerprint density at radius 2 is 2.29 bits per heavy atom. The molecule has 0 saturated heterocycles. The van der Waals surface area contributed by atoms with Gasteiger partial charge in [0.1, 0.15) is 17.3 Å². The van der Waals surface area contributed by atoms with E-state index in [1.165, 1.54) is 0 Å². The second-order valence-electron chi connectivity index (χ2n) is 4.78. The summed E-state index contributed by atoms with van der Waals surface area (Å²) in [5, 5.41) is 2.84. The Morgan fingerprint density at radius 1 is 1.43 bits per heavy atom. The molecular formula is C15H14BrN3O2. The molecule has 3 N–H and O–H groups in total. The molecule has 0 radical (unpaired) electrons. The Kier molecular flexibility index (Phi) is 3.79. The predicted molar refractivity (Wildman–Crippen MR) is 83.2 cm³/mol. The number of amides is 1. The molecule has 0 atom stereocenters. The van der Waals surface area contributed by atoms with Crippen LogP contribution in [0, 0.1) is 0 Å². The summed E-state index contributed by atoms with van der Waals surface area (Å²) in [7, 11) is 0. The number of nitrogens with two attached hydrogens (primary N) is 1. The van der Waals surface area contributed by atoms with Gasteiger partial charge in [-0.15, -0.1) is 0 Å². The van der Waals surface area contributed by atoms with Crippen molar-refractivity contribution in [2.75, 3.05) is 12.3 Å². The molecule has 2 heterocycles. The van der Waals surface area contributed by atoms with Crippen molar-refractivity contribution < 1.29 is 9.53 Å². The molecule has 1 aliphatic rings. The van der Waals surface area contributed by atoms with Crippen LogP contribution in [0.25, 0.3) is 0 Å². The third-order valence-electron chi connectivity index (χ3n) is 3.27. The maximum atomic E-state index is 12.1. The van der Waals surface area contributed by atoms with E-state index in [9.17, 15) is 4.79 Å². The molecule has 0 unspecified atom stereocenters. The van der Waals surface area contributed by atoms with Gasteiger partial charge < -0.3 is 15.8 Å². The van der Waals surface area contributed by atoms with Crippen molar-refractivity contribution in [3.8, 4) is 5.75 Å². The Morgan fingerprint density at radius 3 is 3.10 bits per heavy atom. The predicted octanol–water partition coefficient (Wildman–Crippen LogP) is 2.29. The molecule has 0 aliphatic carbocycles. The monoisotopic (exact) mass is 347 g/mol. The molecular weight excluding hydrogens is 334 g/mol. The molecule has 5 nitrogen and oxygen atoms in total. The molecule has 1 aromatic carbocycles. The van der Waals surface area contributed by atoms with Gasteiger partial charge in [0.15, 0.2) is 0 Å².